The fraction of sp³-hybridized carbons (Fsp3) is 0.250. The van der Waals surface area contributed by atoms with E-state index in [1.54, 1.807) is 45.2 Å². The third-order valence-corrected chi connectivity index (χ3v) is 7.74. The summed E-state index contributed by atoms with van der Waals surface area (Å²) in [7, 11) is 1.56. The van der Waals surface area contributed by atoms with Crippen LogP contribution in [-0.4, -0.2) is 36.8 Å². The topological polar surface area (TPSA) is 105 Å². The molecule has 0 amide bonds. The standard InChI is InChI=1S/C32H30N2O7S/c1-6-39-25-16-20(12-14-23(25)41-19(4)35)17-26-30(36)34-29(27(31(37)40-7-2)18(3)33-32(34)42-26)28-22-11-9-8-10-21(22)13-15-24(28)38-5/h8-17,29H,6-7H2,1-5H3/b26-17-/t29-/m0/s1. The Hall–Kier alpha value is -4.70. The molecule has 1 aliphatic heterocycles. The van der Waals surface area contributed by atoms with Crippen molar-refractivity contribution in [3.63, 3.8) is 0 Å². The molecule has 1 atom stereocenters. The molecule has 216 valence electrons. The molecule has 0 unspecified atom stereocenters. The zero-order valence-corrected chi connectivity index (χ0v) is 24.7. The molecule has 3 aromatic carbocycles. The molecular weight excluding hydrogens is 556 g/mol. The summed E-state index contributed by atoms with van der Waals surface area (Å²) < 4.78 is 24.1. The Bertz CT molecular complexity index is 1920. The number of nitrogens with zero attached hydrogens (tertiary/aromatic N) is 2. The van der Waals surface area contributed by atoms with Crippen LogP contribution in [0.2, 0.25) is 0 Å². The quantitative estimate of drug-likeness (QED) is 0.224. The molecular formula is C32H30N2O7S. The summed E-state index contributed by atoms with van der Waals surface area (Å²) in [5, 5.41) is 1.78. The Kier molecular flexibility index (Phi) is 8.26. The van der Waals surface area contributed by atoms with Crippen molar-refractivity contribution in [3.8, 4) is 17.2 Å². The van der Waals surface area contributed by atoms with E-state index in [-0.39, 0.29) is 17.7 Å². The van der Waals surface area contributed by atoms with E-state index in [1.165, 1.54) is 22.8 Å². The number of hydrogen-bond acceptors (Lipinski definition) is 9. The van der Waals surface area contributed by atoms with Crippen molar-refractivity contribution in [2.75, 3.05) is 20.3 Å². The molecule has 0 saturated heterocycles. The molecule has 1 aliphatic rings. The first-order valence-corrected chi connectivity index (χ1v) is 14.3. The van der Waals surface area contributed by atoms with E-state index < -0.39 is 18.0 Å². The van der Waals surface area contributed by atoms with Gasteiger partial charge in [-0.3, -0.25) is 14.2 Å². The van der Waals surface area contributed by atoms with Crippen molar-refractivity contribution in [2.24, 2.45) is 4.99 Å². The summed E-state index contributed by atoms with van der Waals surface area (Å²) in [5.74, 6) is 0.199. The monoisotopic (exact) mass is 586 g/mol. The van der Waals surface area contributed by atoms with E-state index in [0.29, 0.717) is 50.0 Å². The summed E-state index contributed by atoms with van der Waals surface area (Å²) in [5.41, 5.74) is 1.75. The van der Waals surface area contributed by atoms with E-state index in [4.69, 9.17) is 18.9 Å². The largest absolute Gasteiger partial charge is 0.496 e. The minimum Gasteiger partial charge on any atom is -0.496 e. The number of rotatable bonds is 8. The van der Waals surface area contributed by atoms with Gasteiger partial charge in [0.2, 0.25) is 0 Å². The highest BCUT2D eigenvalue weighted by Gasteiger charge is 2.36. The second-order valence-corrected chi connectivity index (χ2v) is 10.4. The number of methoxy groups -OCH3 is 1. The lowest BCUT2D eigenvalue weighted by molar-refractivity contribution is -0.139. The number of allylic oxidation sites excluding steroid dienone is 1. The zero-order chi connectivity index (χ0) is 30.0. The maximum absolute atomic E-state index is 14.2. The number of aromatic nitrogens is 1. The van der Waals surface area contributed by atoms with Gasteiger partial charge in [-0.05, 0) is 61.4 Å². The third kappa shape index (κ3) is 5.33. The minimum atomic E-state index is -0.839. The van der Waals surface area contributed by atoms with Crippen LogP contribution in [-0.2, 0) is 14.3 Å². The molecule has 0 fully saturated rings. The predicted molar refractivity (Wildman–Crippen MR) is 160 cm³/mol. The van der Waals surface area contributed by atoms with E-state index in [1.807, 2.05) is 43.3 Å². The number of carbonyl (C=O) groups excluding carboxylic acids is 2. The van der Waals surface area contributed by atoms with Crippen LogP contribution in [0, 0.1) is 0 Å². The van der Waals surface area contributed by atoms with Crippen molar-refractivity contribution in [2.45, 2.75) is 33.7 Å². The highest BCUT2D eigenvalue weighted by atomic mass is 32.1. The second kappa shape index (κ2) is 12.0. The normalized spacial score (nSPS) is 14.8. The third-order valence-electron chi connectivity index (χ3n) is 6.76. The van der Waals surface area contributed by atoms with Gasteiger partial charge in [0, 0.05) is 12.5 Å². The fourth-order valence-electron chi connectivity index (χ4n) is 5.07. The Morgan fingerprint density at radius 1 is 1.02 bits per heavy atom. The van der Waals surface area contributed by atoms with E-state index >= 15 is 0 Å². The summed E-state index contributed by atoms with van der Waals surface area (Å²) in [4.78, 5) is 44.2. The first-order chi connectivity index (χ1) is 20.3. The number of benzene rings is 3. The summed E-state index contributed by atoms with van der Waals surface area (Å²) in [6.07, 6.45) is 1.73. The zero-order valence-electron chi connectivity index (χ0n) is 23.9. The number of carbonyl (C=O) groups is 2. The van der Waals surface area contributed by atoms with Crippen LogP contribution in [0.3, 0.4) is 0 Å². The molecule has 42 heavy (non-hydrogen) atoms. The van der Waals surface area contributed by atoms with Gasteiger partial charge in [0.05, 0.1) is 36.1 Å². The maximum Gasteiger partial charge on any atom is 0.338 e. The Labute approximate surface area is 245 Å². The average molecular weight is 587 g/mol. The molecule has 0 aliphatic carbocycles. The molecule has 4 aromatic rings. The van der Waals surface area contributed by atoms with Crippen LogP contribution in [0.4, 0.5) is 0 Å². The van der Waals surface area contributed by atoms with Gasteiger partial charge in [-0.2, -0.15) is 0 Å². The number of fused-ring (bicyclic) bond motifs is 2. The van der Waals surface area contributed by atoms with Gasteiger partial charge in [0.15, 0.2) is 16.3 Å². The molecule has 5 rings (SSSR count). The highest BCUT2D eigenvalue weighted by molar-refractivity contribution is 7.07. The molecule has 0 bridgehead atoms. The molecule has 9 nitrogen and oxygen atoms in total. The second-order valence-electron chi connectivity index (χ2n) is 9.44. The van der Waals surface area contributed by atoms with Gasteiger partial charge < -0.3 is 18.9 Å². The fourth-order valence-corrected chi connectivity index (χ4v) is 6.12. The molecule has 1 aromatic heterocycles. The van der Waals surface area contributed by atoms with Crippen LogP contribution >= 0.6 is 11.3 Å². The molecule has 0 saturated carbocycles. The van der Waals surface area contributed by atoms with Gasteiger partial charge in [0.1, 0.15) is 11.8 Å². The summed E-state index contributed by atoms with van der Waals surface area (Å²) >= 11 is 1.21. The lowest BCUT2D eigenvalue weighted by atomic mass is 9.90. The van der Waals surface area contributed by atoms with Gasteiger partial charge in [-0.25, -0.2) is 9.79 Å². The number of esters is 2. The van der Waals surface area contributed by atoms with Crippen LogP contribution < -0.4 is 29.1 Å². The number of hydrogen-bond donors (Lipinski definition) is 0. The van der Waals surface area contributed by atoms with Gasteiger partial charge in [-0.1, -0.05) is 47.7 Å². The van der Waals surface area contributed by atoms with Crippen LogP contribution in [0.15, 0.2) is 75.7 Å². The molecule has 0 spiro atoms. The van der Waals surface area contributed by atoms with Crippen molar-refractivity contribution >= 4 is 40.1 Å². The smallest absolute Gasteiger partial charge is 0.338 e. The molecule has 0 radical (unpaired) electrons. The minimum absolute atomic E-state index is 0.172. The van der Waals surface area contributed by atoms with Gasteiger partial charge in [-0.15, -0.1) is 0 Å². The average Bonchev–Trinajstić information content (AvgIpc) is 3.27. The first kappa shape index (κ1) is 28.8. The number of ether oxygens (including phenoxy) is 4. The highest BCUT2D eigenvalue weighted by Crippen LogP contribution is 2.40. The van der Waals surface area contributed by atoms with Crippen LogP contribution in [0.5, 0.6) is 17.2 Å². The maximum atomic E-state index is 14.2. The lowest BCUT2D eigenvalue weighted by Gasteiger charge is -2.27. The van der Waals surface area contributed by atoms with Crippen molar-refractivity contribution in [3.05, 3.63) is 96.7 Å². The number of thiazole rings is 1. The Morgan fingerprint density at radius 3 is 2.50 bits per heavy atom. The van der Waals surface area contributed by atoms with Crippen LogP contribution in [0.25, 0.3) is 16.8 Å². The van der Waals surface area contributed by atoms with Crippen LogP contribution in [0.1, 0.15) is 44.9 Å². The van der Waals surface area contributed by atoms with Gasteiger partial charge >= 0.3 is 11.9 Å². The van der Waals surface area contributed by atoms with E-state index in [2.05, 4.69) is 4.99 Å². The van der Waals surface area contributed by atoms with Gasteiger partial charge in [0.25, 0.3) is 5.56 Å². The SMILES string of the molecule is CCOC(=O)C1=C(C)N=c2s/c(=C\c3ccc(OC(C)=O)c(OCC)c3)c(=O)n2[C@@H]1c1c(OC)ccc2ccccc12. The molecule has 2 heterocycles. The van der Waals surface area contributed by atoms with Crippen molar-refractivity contribution in [1.29, 1.82) is 0 Å². The molecule has 0 N–H and O–H groups in total. The van der Waals surface area contributed by atoms with E-state index in [0.717, 1.165) is 10.8 Å². The predicted octanol–water partition coefficient (Wildman–Crippen LogP) is 4.28. The van der Waals surface area contributed by atoms with Crippen molar-refractivity contribution < 1.29 is 28.5 Å². The first-order valence-electron chi connectivity index (χ1n) is 13.5. The summed E-state index contributed by atoms with van der Waals surface area (Å²) in [6.45, 7) is 7.16. The van der Waals surface area contributed by atoms with E-state index in [9.17, 15) is 14.4 Å². The summed E-state index contributed by atoms with van der Waals surface area (Å²) in [6, 6.07) is 15.8. The molecule has 10 heteroatoms. The Balaban J connectivity index is 1.76. The lowest BCUT2D eigenvalue weighted by Crippen LogP contribution is -2.40. The Morgan fingerprint density at radius 2 is 1.79 bits per heavy atom. The van der Waals surface area contributed by atoms with Crippen molar-refractivity contribution in [1.82, 2.24) is 4.57 Å².